The van der Waals surface area contributed by atoms with Crippen LogP contribution in [0.3, 0.4) is 0 Å². The molecule has 10 heteroatoms. The van der Waals surface area contributed by atoms with Crippen molar-refractivity contribution < 1.29 is 9.53 Å². The van der Waals surface area contributed by atoms with Gasteiger partial charge >= 0.3 is 0 Å². The number of rotatable bonds is 5. The smallest absolute Gasteiger partial charge is 0.231 e. The van der Waals surface area contributed by atoms with Crippen molar-refractivity contribution in [2.45, 2.75) is 13.5 Å². The third kappa shape index (κ3) is 3.14. The molecule has 1 aromatic carbocycles. The molecule has 3 heterocycles. The summed E-state index contributed by atoms with van der Waals surface area (Å²) in [6.45, 7) is 3.74. The van der Waals surface area contributed by atoms with Gasteiger partial charge in [-0.25, -0.2) is 14.6 Å². The van der Waals surface area contributed by atoms with Crippen molar-refractivity contribution in [3.05, 3.63) is 29.5 Å². The monoisotopic (exact) mass is 387 g/mol. The zero-order chi connectivity index (χ0) is 19.0. The number of carbonyl (C=O) groups excluding carboxylic acids is 1. The second-order valence-electron chi connectivity index (χ2n) is 6.21. The van der Waals surface area contributed by atoms with Gasteiger partial charge in [0.15, 0.2) is 17.0 Å². The first-order valence-electron chi connectivity index (χ1n) is 8.54. The Kier molecular flexibility index (Phi) is 4.53. The van der Waals surface area contributed by atoms with E-state index in [0.29, 0.717) is 53.1 Å². The van der Waals surface area contributed by atoms with Crippen molar-refractivity contribution in [3.8, 4) is 5.75 Å². The van der Waals surface area contributed by atoms with Gasteiger partial charge in [0.2, 0.25) is 5.91 Å². The second-order valence-corrected chi connectivity index (χ2v) is 6.65. The highest BCUT2D eigenvalue weighted by Gasteiger charge is 2.35. The van der Waals surface area contributed by atoms with E-state index in [1.165, 1.54) is 6.33 Å². The number of halogens is 1. The maximum Gasteiger partial charge on any atom is 0.231 e. The number of methoxy groups -OCH3 is 1. The van der Waals surface area contributed by atoms with Gasteiger partial charge in [-0.3, -0.25) is 4.79 Å². The molecular formula is C17H18ClN7O2. The van der Waals surface area contributed by atoms with Crippen LogP contribution in [0, 0.1) is 5.92 Å². The van der Waals surface area contributed by atoms with Crippen LogP contribution in [0.2, 0.25) is 5.02 Å². The van der Waals surface area contributed by atoms with Gasteiger partial charge in [-0.05, 0) is 25.1 Å². The molecule has 4 rings (SSSR count). The van der Waals surface area contributed by atoms with Crippen LogP contribution >= 0.6 is 11.6 Å². The lowest BCUT2D eigenvalue weighted by molar-refractivity contribution is -0.120. The molecule has 3 aromatic rings. The molecule has 0 atom stereocenters. The molecule has 0 aliphatic carbocycles. The van der Waals surface area contributed by atoms with Crippen molar-refractivity contribution in [3.63, 3.8) is 0 Å². The first-order valence-corrected chi connectivity index (χ1v) is 8.92. The Bertz CT molecular complexity index is 1000. The number of fused-ring (bicyclic) bond motifs is 1. The summed E-state index contributed by atoms with van der Waals surface area (Å²) in [5.41, 5.74) is 1.90. The maximum atomic E-state index is 12.6. The molecular weight excluding hydrogens is 370 g/mol. The number of benzene rings is 1. The predicted octanol–water partition coefficient (Wildman–Crippen LogP) is 1.98. The van der Waals surface area contributed by atoms with Crippen LogP contribution in [0.5, 0.6) is 5.75 Å². The van der Waals surface area contributed by atoms with E-state index in [-0.39, 0.29) is 11.8 Å². The highest BCUT2D eigenvalue weighted by molar-refractivity contribution is 6.31. The SMILES string of the molecule is CCn1nnc2c(N3CC(C(=O)Nc4cc(Cl)ccc4OC)C3)ncnc21. The van der Waals surface area contributed by atoms with Gasteiger partial charge in [-0.2, -0.15) is 0 Å². The molecule has 2 aromatic heterocycles. The highest BCUT2D eigenvalue weighted by Crippen LogP contribution is 2.31. The average Bonchev–Trinajstić information content (AvgIpc) is 3.04. The average molecular weight is 388 g/mol. The molecule has 1 amide bonds. The lowest BCUT2D eigenvalue weighted by atomic mass is 9.99. The van der Waals surface area contributed by atoms with Gasteiger partial charge in [-0.1, -0.05) is 16.8 Å². The van der Waals surface area contributed by atoms with Crippen LogP contribution in [-0.2, 0) is 11.3 Å². The number of nitrogens with one attached hydrogen (secondary N) is 1. The minimum Gasteiger partial charge on any atom is -0.495 e. The zero-order valence-corrected chi connectivity index (χ0v) is 15.6. The minimum atomic E-state index is -0.167. The van der Waals surface area contributed by atoms with Crippen LogP contribution in [0.15, 0.2) is 24.5 Å². The molecule has 0 spiro atoms. The standard InChI is InChI=1S/C17H18ClN7O2/c1-3-25-16-14(22-23-25)15(19-9-20-16)24-7-10(8-24)17(26)21-12-6-11(18)4-5-13(12)27-2/h4-6,9-10H,3,7-8H2,1-2H3,(H,21,26). The van der Waals surface area contributed by atoms with E-state index in [1.54, 1.807) is 30.0 Å². The maximum absolute atomic E-state index is 12.6. The summed E-state index contributed by atoms with van der Waals surface area (Å²) in [5.74, 6) is 1.01. The van der Waals surface area contributed by atoms with E-state index in [9.17, 15) is 4.79 Å². The number of hydrogen-bond donors (Lipinski definition) is 1. The summed E-state index contributed by atoms with van der Waals surface area (Å²) in [7, 11) is 1.55. The van der Waals surface area contributed by atoms with Crippen LogP contribution < -0.4 is 15.0 Å². The fraction of sp³-hybridized carbons (Fsp3) is 0.353. The molecule has 0 unspecified atom stereocenters. The Morgan fingerprint density at radius 2 is 2.19 bits per heavy atom. The Morgan fingerprint density at radius 3 is 2.93 bits per heavy atom. The Hall–Kier alpha value is -2.94. The first-order chi connectivity index (χ1) is 13.1. The van der Waals surface area contributed by atoms with Crippen molar-refractivity contribution >= 4 is 40.2 Å². The van der Waals surface area contributed by atoms with Crippen molar-refractivity contribution in [2.24, 2.45) is 5.92 Å². The number of amides is 1. The lowest BCUT2D eigenvalue weighted by Crippen LogP contribution is -2.52. The van der Waals surface area contributed by atoms with Gasteiger partial charge < -0.3 is 15.0 Å². The van der Waals surface area contributed by atoms with Gasteiger partial charge in [-0.15, -0.1) is 5.10 Å². The number of aryl methyl sites for hydroxylation is 1. The van der Waals surface area contributed by atoms with Gasteiger partial charge in [0, 0.05) is 24.7 Å². The first kappa shape index (κ1) is 17.5. The topological polar surface area (TPSA) is 98.1 Å². The number of carbonyl (C=O) groups is 1. The fourth-order valence-electron chi connectivity index (χ4n) is 3.05. The van der Waals surface area contributed by atoms with E-state index in [4.69, 9.17) is 16.3 Å². The van der Waals surface area contributed by atoms with E-state index in [2.05, 4.69) is 25.6 Å². The summed E-state index contributed by atoms with van der Waals surface area (Å²) in [4.78, 5) is 23.1. The molecule has 0 saturated carbocycles. The fourth-order valence-corrected chi connectivity index (χ4v) is 3.23. The molecule has 1 fully saturated rings. The van der Waals surface area contributed by atoms with Crippen LogP contribution in [-0.4, -0.2) is 51.1 Å². The van der Waals surface area contributed by atoms with E-state index in [0.717, 1.165) is 0 Å². The molecule has 140 valence electrons. The molecule has 1 aliphatic heterocycles. The van der Waals surface area contributed by atoms with Crippen molar-refractivity contribution in [2.75, 3.05) is 30.4 Å². The van der Waals surface area contributed by atoms with Gasteiger partial charge in [0.1, 0.15) is 12.1 Å². The van der Waals surface area contributed by atoms with Crippen molar-refractivity contribution in [1.82, 2.24) is 25.0 Å². The predicted molar refractivity (Wildman–Crippen MR) is 101 cm³/mol. The molecule has 1 saturated heterocycles. The molecule has 0 radical (unpaired) electrons. The van der Waals surface area contributed by atoms with E-state index >= 15 is 0 Å². The second kappa shape index (κ2) is 6.99. The number of hydrogen-bond acceptors (Lipinski definition) is 7. The van der Waals surface area contributed by atoms with E-state index in [1.807, 2.05) is 11.8 Å². The molecule has 0 bridgehead atoms. The van der Waals surface area contributed by atoms with Gasteiger partial charge in [0.25, 0.3) is 0 Å². The third-order valence-electron chi connectivity index (χ3n) is 4.55. The zero-order valence-electron chi connectivity index (χ0n) is 14.9. The minimum absolute atomic E-state index is 0.0886. The summed E-state index contributed by atoms with van der Waals surface area (Å²) in [6.07, 6.45) is 1.50. The normalized spacial score (nSPS) is 14.3. The van der Waals surface area contributed by atoms with Crippen LogP contribution in [0.4, 0.5) is 11.5 Å². The summed E-state index contributed by atoms with van der Waals surface area (Å²) < 4.78 is 6.98. The Balaban J connectivity index is 1.46. The van der Waals surface area contributed by atoms with Crippen LogP contribution in [0.1, 0.15) is 6.92 Å². The largest absolute Gasteiger partial charge is 0.495 e. The number of anilines is 2. The number of nitrogens with zero attached hydrogens (tertiary/aromatic N) is 6. The summed E-state index contributed by atoms with van der Waals surface area (Å²) >= 11 is 6.01. The molecule has 1 N–H and O–H groups in total. The quantitative estimate of drug-likeness (QED) is 0.714. The third-order valence-corrected chi connectivity index (χ3v) is 4.79. The number of ether oxygens (including phenoxy) is 1. The summed E-state index contributed by atoms with van der Waals surface area (Å²) in [6, 6.07) is 5.11. The number of aromatic nitrogens is 5. The van der Waals surface area contributed by atoms with Crippen LogP contribution in [0.25, 0.3) is 11.2 Å². The van der Waals surface area contributed by atoms with Gasteiger partial charge in [0.05, 0.1) is 18.7 Å². The molecule has 9 nitrogen and oxygen atoms in total. The Morgan fingerprint density at radius 1 is 1.37 bits per heavy atom. The highest BCUT2D eigenvalue weighted by atomic mass is 35.5. The molecule has 1 aliphatic rings. The van der Waals surface area contributed by atoms with E-state index < -0.39 is 0 Å². The Labute approximate surface area is 160 Å². The lowest BCUT2D eigenvalue weighted by Gasteiger charge is -2.38. The summed E-state index contributed by atoms with van der Waals surface area (Å²) in [5, 5.41) is 11.7. The van der Waals surface area contributed by atoms with Crippen molar-refractivity contribution in [1.29, 1.82) is 0 Å². The molecule has 27 heavy (non-hydrogen) atoms.